The average molecular weight is 320 g/mol. The third-order valence-electron chi connectivity index (χ3n) is 2.13. The highest BCUT2D eigenvalue weighted by Gasteiger charge is 2.10. The quantitative estimate of drug-likeness (QED) is 0.782. The van der Waals surface area contributed by atoms with E-state index in [9.17, 15) is 4.79 Å². The summed E-state index contributed by atoms with van der Waals surface area (Å²) in [7, 11) is 0. The van der Waals surface area contributed by atoms with Crippen LogP contribution in [0.4, 0.5) is 0 Å². The second kappa shape index (κ2) is 7.84. The second-order valence-corrected chi connectivity index (χ2v) is 5.75. The van der Waals surface area contributed by atoms with Crippen LogP contribution in [-0.4, -0.2) is 25.2 Å². The number of unbranched alkanes of at least 4 members (excludes halogenated alkanes) is 1. The van der Waals surface area contributed by atoms with Crippen LogP contribution >= 0.6 is 27.3 Å². The van der Waals surface area contributed by atoms with E-state index in [0.717, 1.165) is 28.8 Å². The maximum absolute atomic E-state index is 11.7. The number of hydrogen-bond donors (Lipinski definition) is 1. The lowest BCUT2D eigenvalue weighted by molar-refractivity contribution is 0.0754. The number of thiophene rings is 1. The van der Waals surface area contributed by atoms with Crippen molar-refractivity contribution in [1.29, 1.82) is 0 Å². The molecule has 1 heterocycles. The van der Waals surface area contributed by atoms with Crippen LogP contribution in [0.1, 0.15) is 36.4 Å². The Morgan fingerprint density at radius 1 is 1.53 bits per heavy atom. The molecule has 0 fully saturated rings. The molecule has 0 atom stereocenters. The number of halogens is 1. The van der Waals surface area contributed by atoms with Gasteiger partial charge in [0.2, 0.25) is 0 Å². The van der Waals surface area contributed by atoms with Crippen LogP contribution in [0, 0.1) is 0 Å². The maximum atomic E-state index is 11.7. The zero-order valence-electron chi connectivity index (χ0n) is 10.2. The molecule has 0 aliphatic carbocycles. The molecule has 0 unspecified atom stereocenters. The van der Waals surface area contributed by atoms with Gasteiger partial charge in [-0.2, -0.15) is 0 Å². The highest BCUT2D eigenvalue weighted by Crippen LogP contribution is 2.22. The fourth-order valence-corrected chi connectivity index (χ4v) is 2.75. The van der Waals surface area contributed by atoms with E-state index in [1.54, 1.807) is 0 Å². The van der Waals surface area contributed by atoms with Crippen molar-refractivity contribution >= 4 is 33.2 Å². The number of amides is 1. The molecule has 1 aromatic heterocycles. The Hall–Kier alpha value is -0.390. The van der Waals surface area contributed by atoms with Gasteiger partial charge in [-0.15, -0.1) is 11.3 Å². The molecule has 0 saturated heterocycles. The van der Waals surface area contributed by atoms with Crippen molar-refractivity contribution < 1.29 is 9.53 Å². The third-order valence-corrected chi connectivity index (χ3v) is 3.97. The first-order valence-corrected chi connectivity index (χ1v) is 7.41. The fraction of sp³-hybridized carbons (Fsp3) is 0.583. The van der Waals surface area contributed by atoms with Crippen LogP contribution in [0.3, 0.4) is 0 Å². The highest BCUT2D eigenvalue weighted by molar-refractivity contribution is 9.10. The normalized spacial score (nSPS) is 10.8. The summed E-state index contributed by atoms with van der Waals surface area (Å²) in [5.74, 6) is -0.00310. The fourth-order valence-electron chi connectivity index (χ4n) is 1.28. The predicted molar refractivity (Wildman–Crippen MR) is 74.7 cm³/mol. The first-order valence-electron chi connectivity index (χ1n) is 5.74. The van der Waals surface area contributed by atoms with Crippen LogP contribution in [-0.2, 0) is 4.74 Å². The van der Waals surface area contributed by atoms with Gasteiger partial charge in [-0.05, 0) is 54.1 Å². The minimum absolute atomic E-state index is 0.00310. The molecule has 17 heavy (non-hydrogen) atoms. The molecule has 0 aliphatic rings. The van der Waals surface area contributed by atoms with Gasteiger partial charge in [-0.3, -0.25) is 4.79 Å². The van der Waals surface area contributed by atoms with E-state index >= 15 is 0 Å². The lowest BCUT2D eigenvalue weighted by Gasteiger charge is -2.07. The van der Waals surface area contributed by atoms with Crippen molar-refractivity contribution in [3.8, 4) is 0 Å². The lowest BCUT2D eigenvalue weighted by atomic mass is 10.3. The summed E-state index contributed by atoms with van der Waals surface area (Å²) in [6.07, 6.45) is 2.21. The maximum Gasteiger partial charge on any atom is 0.262 e. The van der Waals surface area contributed by atoms with Gasteiger partial charge in [0.1, 0.15) is 4.88 Å². The third kappa shape index (κ3) is 5.66. The molecular formula is C12H18BrNO2S. The van der Waals surface area contributed by atoms with Gasteiger partial charge >= 0.3 is 0 Å². The number of rotatable bonds is 7. The molecule has 0 aromatic carbocycles. The number of carbonyl (C=O) groups is 1. The molecule has 0 bridgehead atoms. The Labute approximate surface area is 115 Å². The molecule has 0 radical (unpaired) electrons. The monoisotopic (exact) mass is 319 g/mol. The largest absolute Gasteiger partial charge is 0.379 e. The van der Waals surface area contributed by atoms with Gasteiger partial charge in [0.05, 0.1) is 6.10 Å². The van der Waals surface area contributed by atoms with Crippen molar-refractivity contribution in [3.05, 3.63) is 20.8 Å². The van der Waals surface area contributed by atoms with Crippen molar-refractivity contribution in [3.63, 3.8) is 0 Å². The van der Waals surface area contributed by atoms with E-state index in [0.29, 0.717) is 6.54 Å². The van der Waals surface area contributed by atoms with Crippen LogP contribution in [0.2, 0.25) is 0 Å². The van der Waals surface area contributed by atoms with Gasteiger partial charge in [0.25, 0.3) is 5.91 Å². The van der Waals surface area contributed by atoms with Crippen molar-refractivity contribution in [2.24, 2.45) is 0 Å². The van der Waals surface area contributed by atoms with Crippen LogP contribution in [0.5, 0.6) is 0 Å². The van der Waals surface area contributed by atoms with Gasteiger partial charge < -0.3 is 10.1 Å². The van der Waals surface area contributed by atoms with E-state index in [1.807, 2.05) is 25.3 Å². The van der Waals surface area contributed by atoms with Crippen LogP contribution in [0.15, 0.2) is 15.9 Å². The Morgan fingerprint density at radius 3 is 2.88 bits per heavy atom. The predicted octanol–water partition coefficient (Wildman–Crippen LogP) is 3.45. The van der Waals surface area contributed by atoms with Gasteiger partial charge in [-0.25, -0.2) is 0 Å². The van der Waals surface area contributed by atoms with Crippen LogP contribution in [0.25, 0.3) is 0 Å². The number of hydrogen-bond acceptors (Lipinski definition) is 3. The summed E-state index contributed by atoms with van der Waals surface area (Å²) in [5.41, 5.74) is 0. The molecule has 96 valence electrons. The zero-order chi connectivity index (χ0) is 12.7. The topological polar surface area (TPSA) is 38.3 Å². The Bertz CT molecular complexity index is 352. The lowest BCUT2D eigenvalue weighted by Crippen LogP contribution is -2.24. The van der Waals surface area contributed by atoms with Crippen molar-refractivity contribution in [2.75, 3.05) is 13.2 Å². The van der Waals surface area contributed by atoms with Gasteiger partial charge in [0.15, 0.2) is 0 Å². The number of nitrogens with one attached hydrogen (secondary N) is 1. The molecule has 1 amide bonds. The molecule has 3 nitrogen and oxygen atoms in total. The van der Waals surface area contributed by atoms with Gasteiger partial charge in [-0.1, -0.05) is 0 Å². The molecule has 5 heteroatoms. The first kappa shape index (κ1) is 14.7. The van der Waals surface area contributed by atoms with Crippen LogP contribution < -0.4 is 5.32 Å². The van der Waals surface area contributed by atoms with E-state index in [4.69, 9.17) is 4.74 Å². The molecule has 0 aliphatic heterocycles. The summed E-state index contributed by atoms with van der Waals surface area (Å²) in [4.78, 5) is 12.4. The zero-order valence-corrected chi connectivity index (χ0v) is 12.6. The van der Waals surface area contributed by atoms with E-state index in [-0.39, 0.29) is 12.0 Å². The van der Waals surface area contributed by atoms with E-state index in [2.05, 4.69) is 21.2 Å². The van der Waals surface area contributed by atoms with Crippen molar-refractivity contribution in [2.45, 2.75) is 32.8 Å². The first-order chi connectivity index (χ1) is 8.11. The Morgan fingerprint density at radius 2 is 2.29 bits per heavy atom. The Kier molecular flexibility index (Phi) is 6.77. The number of ether oxygens (including phenoxy) is 1. The second-order valence-electron chi connectivity index (χ2n) is 3.98. The number of carbonyl (C=O) groups excluding carboxylic acids is 1. The van der Waals surface area contributed by atoms with E-state index in [1.165, 1.54) is 11.3 Å². The molecule has 1 N–H and O–H groups in total. The Balaban J connectivity index is 2.11. The minimum atomic E-state index is -0.00310. The molecule has 0 saturated carbocycles. The molecule has 1 rings (SSSR count). The molecular weight excluding hydrogens is 302 g/mol. The summed E-state index contributed by atoms with van der Waals surface area (Å²) >= 11 is 4.79. The summed E-state index contributed by atoms with van der Waals surface area (Å²) < 4.78 is 6.29. The average Bonchev–Trinajstić information content (AvgIpc) is 2.69. The summed E-state index contributed by atoms with van der Waals surface area (Å²) in [6.45, 7) is 5.51. The van der Waals surface area contributed by atoms with Crippen molar-refractivity contribution in [1.82, 2.24) is 5.32 Å². The minimum Gasteiger partial charge on any atom is -0.379 e. The molecule has 1 aromatic rings. The van der Waals surface area contributed by atoms with Gasteiger partial charge in [0, 0.05) is 17.6 Å². The molecule has 0 spiro atoms. The summed E-state index contributed by atoms with van der Waals surface area (Å²) in [5, 5.41) is 4.80. The highest BCUT2D eigenvalue weighted by atomic mass is 79.9. The standard InChI is InChI=1S/C12H18BrNO2S/c1-9(2)16-7-4-3-6-14-12(15)11-10(13)5-8-17-11/h5,8-9H,3-4,6-7H2,1-2H3,(H,14,15). The summed E-state index contributed by atoms with van der Waals surface area (Å²) in [6, 6.07) is 1.88. The van der Waals surface area contributed by atoms with E-state index < -0.39 is 0 Å². The SMILES string of the molecule is CC(C)OCCCCNC(=O)c1sccc1Br. The smallest absolute Gasteiger partial charge is 0.262 e.